The predicted octanol–water partition coefficient (Wildman–Crippen LogP) is 1.82. The molecule has 0 fully saturated rings. The Labute approximate surface area is 130 Å². The molecule has 1 amide bonds. The van der Waals surface area contributed by atoms with Crippen LogP contribution < -0.4 is 5.32 Å². The maximum atomic E-state index is 11.8. The third kappa shape index (κ3) is 4.61. The largest absolute Gasteiger partial charge is 0.309 e. The summed E-state index contributed by atoms with van der Waals surface area (Å²) < 4.78 is 23.3. The van der Waals surface area contributed by atoms with E-state index in [0.717, 1.165) is 6.26 Å². The van der Waals surface area contributed by atoms with Gasteiger partial charge in [-0.2, -0.15) is 0 Å². The van der Waals surface area contributed by atoms with Crippen LogP contribution in [0, 0.1) is 0 Å². The molecule has 0 unspecified atom stereocenters. The molecule has 2 rings (SSSR count). The van der Waals surface area contributed by atoms with Gasteiger partial charge < -0.3 is 5.32 Å². The minimum Gasteiger partial charge on any atom is -0.309 e. The second-order valence-electron chi connectivity index (χ2n) is 4.37. The molecule has 6 nitrogen and oxygen atoms in total. The van der Waals surface area contributed by atoms with Gasteiger partial charge in [0.2, 0.25) is 5.91 Å². The number of anilines is 1. The Hall–Kier alpha value is -1.80. The van der Waals surface area contributed by atoms with E-state index < -0.39 is 9.84 Å². The van der Waals surface area contributed by atoms with E-state index in [4.69, 9.17) is 0 Å². The number of rotatable bonds is 4. The van der Waals surface area contributed by atoms with Crippen molar-refractivity contribution in [3.05, 3.63) is 46.8 Å². The molecule has 0 aliphatic rings. The molecule has 110 valence electrons. The van der Waals surface area contributed by atoms with Crippen LogP contribution in [0.15, 0.2) is 46.2 Å². The highest BCUT2D eigenvalue weighted by Crippen LogP contribution is 2.12. The van der Waals surface area contributed by atoms with Gasteiger partial charge >= 0.3 is 0 Å². The Bertz CT molecular complexity index is 743. The van der Waals surface area contributed by atoms with Gasteiger partial charge in [-0.25, -0.2) is 18.4 Å². The van der Waals surface area contributed by atoms with Crippen molar-refractivity contribution in [1.82, 2.24) is 9.97 Å². The van der Waals surface area contributed by atoms with Crippen LogP contribution in [0.1, 0.15) is 5.56 Å². The summed E-state index contributed by atoms with van der Waals surface area (Å²) in [5.41, 5.74) is 0.713. The molecule has 0 aliphatic carbocycles. The van der Waals surface area contributed by atoms with E-state index in [9.17, 15) is 13.2 Å². The topological polar surface area (TPSA) is 89.0 Å². The summed E-state index contributed by atoms with van der Waals surface area (Å²) >= 11 is 3.15. The number of carbonyl (C=O) groups excluding carboxylic acids is 1. The fourth-order valence-corrected chi connectivity index (χ4v) is 2.44. The van der Waals surface area contributed by atoms with Crippen molar-refractivity contribution in [1.29, 1.82) is 0 Å². The SMILES string of the molecule is CS(=O)(=O)c1ccc(CC(=O)Nc2cnc(Br)cn2)cc1. The van der Waals surface area contributed by atoms with Crippen molar-refractivity contribution in [3.63, 3.8) is 0 Å². The van der Waals surface area contributed by atoms with Gasteiger partial charge in [0.05, 0.1) is 23.7 Å². The number of sulfone groups is 1. The van der Waals surface area contributed by atoms with Crippen molar-refractivity contribution < 1.29 is 13.2 Å². The highest BCUT2D eigenvalue weighted by atomic mass is 79.9. The van der Waals surface area contributed by atoms with E-state index in [-0.39, 0.29) is 17.2 Å². The van der Waals surface area contributed by atoms with Gasteiger partial charge in [-0.1, -0.05) is 12.1 Å². The van der Waals surface area contributed by atoms with E-state index in [1.54, 1.807) is 12.1 Å². The van der Waals surface area contributed by atoms with Gasteiger partial charge in [0.15, 0.2) is 15.7 Å². The van der Waals surface area contributed by atoms with E-state index >= 15 is 0 Å². The van der Waals surface area contributed by atoms with Crippen LogP contribution in [0.2, 0.25) is 0 Å². The average Bonchev–Trinajstić information content (AvgIpc) is 2.41. The number of amides is 1. The molecule has 0 bridgehead atoms. The summed E-state index contributed by atoms with van der Waals surface area (Å²) in [6.07, 6.45) is 4.19. The first-order valence-electron chi connectivity index (χ1n) is 5.91. The van der Waals surface area contributed by atoms with Gasteiger partial charge in [-0.05, 0) is 33.6 Å². The molecule has 1 N–H and O–H groups in total. The first-order chi connectivity index (χ1) is 9.84. The van der Waals surface area contributed by atoms with Crippen LogP contribution in [-0.2, 0) is 21.1 Å². The zero-order valence-electron chi connectivity index (χ0n) is 11.1. The van der Waals surface area contributed by atoms with Crippen LogP contribution in [0.4, 0.5) is 5.82 Å². The van der Waals surface area contributed by atoms with Crippen molar-refractivity contribution in [2.75, 3.05) is 11.6 Å². The first kappa shape index (κ1) is 15.6. The number of nitrogens with zero attached hydrogens (tertiary/aromatic N) is 2. The molecular formula is C13H12BrN3O3S. The smallest absolute Gasteiger partial charge is 0.229 e. The van der Waals surface area contributed by atoms with Crippen molar-refractivity contribution in [3.8, 4) is 0 Å². The molecule has 1 aromatic heterocycles. The lowest BCUT2D eigenvalue weighted by molar-refractivity contribution is -0.115. The van der Waals surface area contributed by atoms with Crippen LogP contribution >= 0.6 is 15.9 Å². The van der Waals surface area contributed by atoms with Crippen LogP contribution in [0.25, 0.3) is 0 Å². The van der Waals surface area contributed by atoms with Gasteiger partial charge in [-0.3, -0.25) is 4.79 Å². The molecule has 0 spiro atoms. The van der Waals surface area contributed by atoms with Crippen molar-refractivity contribution in [2.24, 2.45) is 0 Å². The Morgan fingerprint density at radius 1 is 1.19 bits per heavy atom. The summed E-state index contributed by atoms with van der Waals surface area (Å²) in [6.45, 7) is 0. The molecule has 0 atom stereocenters. The summed E-state index contributed by atoms with van der Waals surface area (Å²) in [4.78, 5) is 20.0. The number of aromatic nitrogens is 2. The molecule has 0 aliphatic heterocycles. The molecule has 0 saturated carbocycles. The fraction of sp³-hybridized carbons (Fsp3) is 0.154. The molecule has 21 heavy (non-hydrogen) atoms. The van der Waals surface area contributed by atoms with E-state index in [0.29, 0.717) is 16.0 Å². The Kier molecular flexibility index (Phi) is 4.69. The molecule has 0 saturated heterocycles. The summed E-state index contributed by atoms with van der Waals surface area (Å²) in [5.74, 6) is 0.106. The maximum Gasteiger partial charge on any atom is 0.229 e. The van der Waals surface area contributed by atoms with Crippen LogP contribution in [0.3, 0.4) is 0 Å². The average molecular weight is 370 g/mol. The number of carbonyl (C=O) groups is 1. The Balaban J connectivity index is 2.01. The number of hydrogen-bond acceptors (Lipinski definition) is 5. The molecule has 2 aromatic rings. The third-order valence-electron chi connectivity index (χ3n) is 2.60. The lowest BCUT2D eigenvalue weighted by Crippen LogP contribution is -2.15. The van der Waals surface area contributed by atoms with E-state index in [1.807, 2.05) is 0 Å². The summed E-state index contributed by atoms with van der Waals surface area (Å²) in [5, 5.41) is 2.61. The lowest BCUT2D eigenvalue weighted by Gasteiger charge is -2.05. The molecule has 1 heterocycles. The monoisotopic (exact) mass is 369 g/mol. The zero-order valence-corrected chi connectivity index (χ0v) is 13.5. The highest BCUT2D eigenvalue weighted by Gasteiger charge is 2.09. The minimum atomic E-state index is -3.22. The number of halogens is 1. The van der Waals surface area contributed by atoms with Gasteiger partial charge in [0.1, 0.15) is 4.60 Å². The summed E-state index contributed by atoms with van der Waals surface area (Å²) in [7, 11) is -3.22. The Morgan fingerprint density at radius 2 is 1.86 bits per heavy atom. The molecule has 1 aromatic carbocycles. The van der Waals surface area contributed by atoms with E-state index in [1.165, 1.54) is 24.5 Å². The van der Waals surface area contributed by atoms with Crippen LogP contribution in [-0.4, -0.2) is 30.5 Å². The van der Waals surface area contributed by atoms with Gasteiger partial charge in [0.25, 0.3) is 0 Å². The highest BCUT2D eigenvalue weighted by molar-refractivity contribution is 9.10. The summed E-state index contributed by atoms with van der Waals surface area (Å²) in [6, 6.07) is 6.20. The van der Waals surface area contributed by atoms with Gasteiger partial charge in [0, 0.05) is 6.26 Å². The van der Waals surface area contributed by atoms with Crippen LogP contribution in [0.5, 0.6) is 0 Å². The molecule has 0 radical (unpaired) electrons. The number of benzene rings is 1. The zero-order chi connectivity index (χ0) is 15.5. The maximum absolute atomic E-state index is 11.8. The first-order valence-corrected chi connectivity index (χ1v) is 8.59. The number of nitrogens with one attached hydrogen (secondary N) is 1. The lowest BCUT2D eigenvalue weighted by atomic mass is 10.1. The van der Waals surface area contributed by atoms with Crippen molar-refractivity contribution in [2.45, 2.75) is 11.3 Å². The minimum absolute atomic E-state index is 0.127. The molecular weight excluding hydrogens is 358 g/mol. The van der Waals surface area contributed by atoms with Crippen molar-refractivity contribution >= 4 is 37.5 Å². The predicted molar refractivity (Wildman–Crippen MR) is 81.6 cm³/mol. The second-order valence-corrected chi connectivity index (χ2v) is 7.19. The van der Waals surface area contributed by atoms with Gasteiger partial charge in [-0.15, -0.1) is 0 Å². The fourth-order valence-electron chi connectivity index (χ4n) is 1.60. The molecule has 8 heteroatoms. The second kappa shape index (κ2) is 6.31. The standard InChI is InChI=1S/C13H12BrN3O3S/c1-21(19,20)10-4-2-9(3-5-10)6-13(18)17-12-8-15-11(14)7-16-12/h2-5,7-8H,6H2,1H3,(H,16,17,18). The third-order valence-corrected chi connectivity index (χ3v) is 4.14. The quantitative estimate of drug-likeness (QED) is 0.887. The van der Waals surface area contributed by atoms with E-state index in [2.05, 4.69) is 31.2 Å². The normalized spacial score (nSPS) is 11.1. The Morgan fingerprint density at radius 3 is 2.38 bits per heavy atom. The number of hydrogen-bond donors (Lipinski definition) is 1.